The fraction of sp³-hybridized carbons (Fsp3) is 0.172. The molecule has 0 unspecified atom stereocenters. The van der Waals surface area contributed by atoms with Crippen LogP contribution in [0.4, 0.5) is 4.39 Å². The van der Waals surface area contributed by atoms with E-state index in [4.69, 9.17) is 11.6 Å². The molecule has 0 N–H and O–H groups in total. The van der Waals surface area contributed by atoms with Crippen molar-refractivity contribution in [3.63, 3.8) is 0 Å². The molecule has 1 aromatic heterocycles. The predicted octanol–water partition coefficient (Wildman–Crippen LogP) is 5.84. The Labute approximate surface area is 214 Å². The molecule has 0 atom stereocenters. The molecule has 1 aliphatic rings. The third-order valence-corrected chi connectivity index (χ3v) is 6.89. The second-order valence-corrected chi connectivity index (χ2v) is 9.18. The molecule has 1 aliphatic heterocycles. The van der Waals surface area contributed by atoms with E-state index in [-0.39, 0.29) is 11.8 Å². The number of benzene rings is 3. The Morgan fingerprint density at radius 3 is 2.08 bits per heavy atom. The van der Waals surface area contributed by atoms with Gasteiger partial charge in [0, 0.05) is 37.4 Å². The molecule has 0 saturated carbocycles. The average molecular weight is 502 g/mol. The van der Waals surface area contributed by atoms with Crippen molar-refractivity contribution in [1.82, 2.24) is 14.4 Å². The van der Waals surface area contributed by atoms with Crippen LogP contribution in [0.5, 0.6) is 0 Å². The van der Waals surface area contributed by atoms with Crippen molar-refractivity contribution in [3.05, 3.63) is 113 Å². The molecule has 5 rings (SSSR count). The Morgan fingerprint density at radius 1 is 0.778 bits per heavy atom. The summed E-state index contributed by atoms with van der Waals surface area (Å²) in [5.74, 6) is -0.759. The number of para-hydroxylation sites is 1. The first-order valence-electron chi connectivity index (χ1n) is 11.8. The Hall–Kier alpha value is -3.90. The molecule has 2 heterocycles. The van der Waals surface area contributed by atoms with Crippen LogP contribution in [0.3, 0.4) is 0 Å². The molecule has 2 amide bonds. The van der Waals surface area contributed by atoms with Crippen LogP contribution < -0.4 is 0 Å². The van der Waals surface area contributed by atoms with Gasteiger partial charge in [0.1, 0.15) is 5.82 Å². The zero-order valence-electron chi connectivity index (χ0n) is 19.8. The summed E-state index contributed by atoms with van der Waals surface area (Å²) in [7, 11) is 0. The molecule has 1 saturated heterocycles. The lowest BCUT2D eigenvalue weighted by Crippen LogP contribution is -2.50. The van der Waals surface area contributed by atoms with Crippen molar-refractivity contribution in [2.45, 2.75) is 6.92 Å². The third kappa shape index (κ3) is 4.52. The first kappa shape index (κ1) is 23.8. The molecular formula is C29H25ClFN3O2. The number of hydrogen-bond acceptors (Lipinski definition) is 2. The van der Waals surface area contributed by atoms with Gasteiger partial charge in [0.2, 0.25) is 0 Å². The van der Waals surface area contributed by atoms with E-state index < -0.39 is 5.82 Å². The summed E-state index contributed by atoms with van der Waals surface area (Å²) in [5.41, 5.74) is 4.37. The summed E-state index contributed by atoms with van der Waals surface area (Å²) in [6.07, 6.45) is 0. The number of amides is 2. The van der Waals surface area contributed by atoms with Gasteiger partial charge in [-0.25, -0.2) is 4.39 Å². The van der Waals surface area contributed by atoms with Crippen LogP contribution in [0.2, 0.25) is 5.02 Å². The minimum absolute atomic E-state index is 0.0895. The van der Waals surface area contributed by atoms with Crippen molar-refractivity contribution in [2.24, 2.45) is 0 Å². The highest BCUT2D eigenvalue weighted by molar-refractivity contribution is 6.32. The minimum atomic E-state index is -0.442. The second-order valence-electron chi connectivity index (χ2n) is 8.78. The summed E-state index contributed by atoms with van der Waals surface area (Å²) < 4.78 is 15.6. The Balaban J connectivity index is 1.42. The van der Waals surface area contributed by atoms with Gasteiger partial charge in [0.15, 0.2) is 0 Å². The van der Waals surface area contributed by atoms with E-state index in [9.17, 15) is 14.0 Å². The van der Waals surface area contributed by atoms with E-state index in [0.717, 1.165) is 22.6 Å². The van der Waals surface area contributed by atoms with Gasteiger partial charge in [-0.2, -0.15) is 0 Å². The number of halogens is 2. The standard InChI is InChI=1S/C29H25ClFN3O2/c1-20-24(19-27(21-8-3-2-4-9-21)34(20)26-13-6-5-12-25(26)30)29(36)33-16-14-32(15-17-33)28(35)22-10-7-11-23(31)18-22/h2-13,18-19H,14-17H2,1H3. The SMILES string of the molecule is Cc1c(C(=O)N2CCN(C(=O)c3cccc(F)c3)CC2)cc(-c2ccccc2)n1-c1ccccc1Cl. The van der Waals surface area contributed by atoms with E-state index in [0.29, 0.717) is 42.3 Å². The summed E-state index contributed by atoms with van der Waals surface area (Å²) >= 11 is 6.56. The first-order chi connectivity index (χ1) is 17.4. The third-order valence-electron chi connectivity index (χ3n) is 6.57. The lowest BCUT2D eigenvalue weighted by Gasteiger charge is -2.35. The molecule has 4 aromatic rings. The molecule has 3 aromatic carbocycles. The van der Waals surface area contributed by atoms with Gasteiger partial charge >= 0.3 is 0 Å². The molecule has 0 bridgehead atoms. The number of hydrogen-bond donors (Lipinski definition) is 0. The smallest absolute Gasteiger partial charge is 0.255 e. The number of carbonyl (C=O) groups excluding carboxylic acids is 2. The van der Waals surface area contributed by atoms with Gasteiger partial charge in [0.25, 0.3) is 11.8 Å². The van der Waals surface area contributed by atoms with Crippen LogP contribution in [0.1, 0.15) is 26.4 Å². The van der Waals surface area contributed by atoms with Gasteiger partial charge in [0.05, 0.1) is 22.0 Å². The Morgan fingerprint density at radius 2 is 1.42 bits per heavy atom. The van der Waals surface area contributed by atoms with Crippen molar-refractivity contribution in [2.75, 3.05) is 26.2 Å². The molecule has 5 nitrogen and oxygen atoms in total. The number of aromatic nitrogens is 1. The Bertz CT molecular complexity index is 1430. The molecule has 0 radical (unpaired) electrons. The summed E-state index contributed by atoms with van der Waals surface area (Å²) in [5, 5.41) is 0.594. The Kier molecular flexibility index (Phi) is 6.61. The fourth-order valence-electron chi connectivity index (χ4n) is 4.68. The average Bonchev–Trinajstić information content (AvgIpc) is 3.25. The van der Waals surface area contributed by atoms with Crippen LogP contribution >= 0.6 is 11.6 Å². The highest BCUT2D eigenvalue weighted by Gasteiger charge is 2.29. The predicted molar refractivity (Wildman–Crippen MR) is 139 cm³/mol. The van der Waals surface area contributed by atoms with Gasteiger partial charge in [-0.05, 0) is 48.9 Å². The number of rotatable bonds is 4. The highest BCUT2D eigenvalue weighted by atomic mass is 35.5. The summed E-state index contributed by atoms with van der Waals surface area (Å²) in [6, 6.07) is 25.1. The van der Waals surface area contributed by atoms with E-state index in [2.05, 4.69) is 0 Å². The van der Waals surface area contributed by atoms with Crippen molar-refractivity contribution in [3.8, 4) is 16.9 Å². The minimum Gasteiger partial charge on any atom is -0.335 e. The largest absolute Gasteiger partial charge is 0.335 e. The molecule has 1 fully saturated rings. The van der Waals surface area contributed by atoms with Crippen LogP contribution in [-0.4, -0.2) is 52.4 Å². The zero-order valence-corrected chi connectivity index (χ0v) is 20.6. The molecule has 7 heteroatoms. The van der Waals surface area contributed by atoms with Gasteiger partial charge < -0.3 is 14.4 Å². The maximum atomic E-state index is 13.7. The lowest BCUT2D eigenvalue weighted by atomic mass is 10.1. The number of nitrogens with zero attached hydrogens (tertiary/aromatic N) is 3. The fourth-order valence-corrected chi connectivity index (χ4v) is 4.90. The normalized spacial score (nSPS) is 13.6. The highest BCUT2D eigenvalue weighted by Crippen LogP contribution is 2.33. The molecule has 0 aliphatic carbocycles. The molecule has 0 spiro atoms. The molecule has 182 valence electrons. The van der Waals surface area contributed by atoms with Gasteiger partial charge in [-0.1, -0.05) is 60.1 Å². The van der Waals surface area contributed by atoms with Crippen LogP contribution in [0, 0.1) is 12.7 Å². The van der Waals surface area contributed by atoms with Crippen molar-refractivity contribution >= 4 is 23.4 Å². The van der Waals surface area contributed by atoms with Gasteiger partial charge in [-0.15, -0.1) is 0 Å². The van der Waals surface area contributed by atoms with E-state index >= 15 is 0 Å². The molecular weight excluding hydrogens is 477 g/mol. The topological polar surface area (TPSA) is 45.6 Å². The molecule has 36 heavy (non-hydrogen) atoms. The number of carbonyl (C=O) groups is 2. The van der Waals surface area contributed by atoms with Crippen molar-refractivity contribution < 1.29 is 14.0 Å². The second kappa shape index (κ2) is 9.99. The summed E-state index contributed by atoms with van der Waals surface area (Å²) in [4.78, 5) is 29.9. The summed E-state index contributed by atoms with van der Waals surface area (Å²) in [6.45, 7) is 3.50. The first-order valence-corrected chi connectivity index (χ1v) is 12.2. The van der Waals surface area contributed by atoms with E-state index in [1.165, 1.54) is 18.2 Å². The maximum absolute atomic E-state index is 13.7. The van der Waals surface area contributed by atoms with Crippen LogP contribution in [-0.2, 0) is 0 Å². The zero-order chi connectivity index (χ0) is 25.2. The van der Waals surface area contributed by atoms with Crippen molar-refractivity contribution in [1.29, 1.82) is 0 Å². The number of piperazine rings is 1. The van der Waals surface area contributed by atoms with Crippen LogP contribution in [0.15, 0.2) is 84.9 Å². The quantitative estimate of drug-likeness (QED) is 0.352. The van der Waals surface area contributed by atoms with E-state index in [1.807, 2.05) is 72.2 Å². The van der Waals surface area contributed by atoms with Gasteiger partial charge in [-0.3, -0.25) is 9.59 Å². The lowest BCUT2D eigenvalue weighted by molar-refractivity contribution is 0.0535. The van der Waals surface area contributed by atoms with E-state index in [1.54, 1.807) is 15.9 Å². The maximum Gasteiger partial charge on any atom is 0.255 e. The van der Waals surface area contributed by atoms with Crippen LogP contribution in [0.25, 0.3) is 16.9 Å². The monoisotopic (exact) mass is 501 g/mol.